The lowest BCUT2D eigenvalue weighted by molar-refractivity contribution is -0.133. The van der Waals surface area contributed by atoms with E-state index in [2.05, 4.69) is 24.0 Å². The predicted molar refractivity (Wildman–Crippen MR) is 80.2 cm³/mol. The van der Waals surface area contributed by atoms with Crippen LogP contribution in [0, 0.1) is 5.92 Å². The lowest BCUT2D eigenvalue weighted by atomic mass is 10.00. The van der Waals surface area contributed by atoms with Crippen molar-refractivity contribution in [2.75, 3.05) is 19.8 Å². The van der Waals surface area contributed by atoms with Gasteiger partial charge < -0.3 is 14.2 Å². The quantitative estimate of drug-likeness (QED) is 0.855. The fourth-order valence-electron chi connectivity index (χ4n) is 3.29. The summed E-state index contributed by atoms with van der Waals surface area (Å²) in [5.41, 5.74) is 0. The molecule has 2 aliphatic rings. The number of rotatable bonds is 4. The topological polar surface area (TPSA) is 68.5 Å². The Morgan fingerprint density at radius 2 is 2.09 bits per heavy atom. The van der Waals surface area contributed by atoms with Gasteiger partial charge in [-0.15, -0.1) is 0 Å². The number of ether oxygens (including phenoxy) is 1. The van der Waals surface area contributed by atoms with Crippen molar-refractivity contribution in [1.29, 1.82) is 0 Å². The molecule has 122 valence electrons. The third-order valence-electron chi connectivity index (χ3n) is 4.48. The van der Waals surface area contributed by atoms with E-state index in [1.165, 1.54) is 0 Å². The highest BCUT2D eigenvalue weighted by molar-refractivity contribution is 5.77. The molecule has 0 radical (unpaired) electrons. The summed E-state index contributed by atoms with van der Waals surface area (Å²) in [5.74, 6) is 2.28. The average molecular weight is 307 g/mol. The lowest BCUT2D eigenvalue weighted by Crippen LogP contribution is -2.31. The molecule has 3 rings (SSSR count). The van der Waals surface area contributed by atoms with Crippen LogP contribution in [0.1, 0.15) is 69.6 Å². The number of likely N-dealkylation sites (tertiary alicyclic amines) is 1. The van der Waals surface area contributed by atoms with Crippen molar-refractivity contribution in [3.8, 4) is 0 Å². The summed E-state index contributed by atoms with van der Waals surface area (Å²) in [6.45, 7) is 6.46. The molecule has 2 aliphatic heterocycles. The molecule has 22 heavy (non-hydrogen) atoms. The Morgan fingerprint density at radius 3 is 2.82 bits per heavy atom. The molecule has 0 aliphatic carbocycles. The van der Waals surface area contributed by atoms with Crippen LogP contribution in [0.4, 0.5) is 0 Å². The Balaban J connectivity index is 1.70. The molecule has 1 amide bonds. The highest BCUT2D eigenvalue weighted by atomic mass is 16.5. The van der Waals surface area contributed by atoms with Crippen molar-refractivity contribution >= 4 is 5.91 Å². The van der Waals surface area contributed by atoms with Crippen molar-refractivity contribution in [2.24, 2.45) is 5.92 Å². The monoisotopic (exact) mass is 307 g/mol. The van der Waals surface area contributed by atoms with E-state index in [0.29, 0.717) is 24.1 Å². The zero-order valence-electron chi connectivity index (χ0n) is 13.5. The highest BCUT2D eigenvalue weighted by Crippen LogP contribution is 2.33. The summed E-state index contributed by atoms with van der Waals surface area (Å²) in [7, 11) is 0. The molecule has 0 aromatic carbocycles. The maximum Gasteiger partial charge on any atom is 0.249 e. The fourth-order valence-corrected chi connectivity index (χ4v) is 3.29. The molecule has 1 unspecified atom stereocenters. The fraction of sp³-hybridized carbons (Fsp3) is 0.812. The van der Waals surface area contributed by atoms with Crippen molar-refractivity contribution < 1.29 is 14.1 Å². The van der Waals surface area contributed by atoms with E-state index < -0.39 is 0 Å². The first-order valence-corrected chi connectivity index (χ1v) is 8.36. The van der Waals surface area contributed by atoms with Gasteiger partial charge in [0.2, 0.25) is 11.8 Å². The van der Waals surface area contributed by atoms with Crippen molar-refractivity contribution in [1.82, 2.24) is 15.0 Å². The van der Waals surface area contributed by atoms with Gasteiger partial charge in [0.15, 0.2) is 5.82 Å². The Labute approximate surface area is 131 Å². The van der Waals surface area contributed by atoms with Gasteiger partial charge in [-0.05, 0) is 31.6 Å². The van der Waals surface area contributed by atoms with Gasteiger partial charge >= 0.3 is 0 Å². The molecular formula is C16H25N3O3. The number of carbonyl (C=O) groups excluding carboxylic acids is 1. The van der Waals surface area contributed by atoms with Crippen LogP contribution in [-0.4, -0.2) is 40.7 Å². The maximum atomic E-state index is 12.4. The zero-order chi connectivity index (χ0) is 15.5. The molecule has 1 atom stereocenters. The molecule has 1 aromatic heterocycles. The van der Waals surface area contributed by atoms with Crippen molar-refractivity contribution in [2.45, 2.75) is 57.9 Å². The van der Waals surface area contributed by atoms with Crippen LogP contribution < -0.4 is 0 Å². The molecule has 6 heteroatoms. The Kier molecular flexibility index (Phi) is 4.76. The van der Waals surface area contributed by atoms with Crippen LogP contribution in [0.15, 0.2) is 4.52 Å². The van der Waals surface area contributed by atoms with Crippen molar-refractivity contribution in [3.05, 3.63) is 11.7 Å². The second-order valence-corrected chi connectivity index (χ2v) is 6.72. The zero-order valence-corrected chi connectivity index (χ0v) is 13.5. The van der Waals surface area contributed by atoms with E-state index in [4.69, 9.17) is 9.26 Å². The number of amides is 1. The molecule has 0 N–H and O–H groups in total. The summed E-state index contributed by atoms with van der Waals surface area (Å²) in [4.78, 5) is 18.9. The Bertz CT molecular complexity index is 508. The smallest absolute Gasteiger partial charge is 0.249 e. The minimum absolute atomic E-state index is 0.0349. The van der Waals surface area contributed by atoms with E-state index in [-0.39, 0.29) is 11.9 Å². The molecule has 3 heterocycles. The highest BCUT2D eigenvalue weighted by Gasteiger charge is 2.34. The van der Waals surface area contributed by atoms with Gasteiger partial charge in [0.05, 0.1) is 0 Å². The van der Waals surface area contributed by atoms with Gasteiger partial charge in [-0.1, -0.05) is 19.0 Å². The van der Waals surface area contributed by atoms with Crippen LogP contribution in [0.3, 0.4) is 0 Å². The van der Waals surface area contributed by atoms with E-state index in [9.17, 15) is 4.79 Å². The molecule has 1 aromatic rings. The molecular weight excluding hydrogens is 282 g/mol. The molecule has 0 saturated carbocycles. The number of aromatic nitrogens is 2. The molecule has 0 spiro atoms. The normalized spacial score (nSPS) is 23.4. The van der Waals surface area contributed by atoms with Gasteiger partial charge in [0.1, 0.15) is 6.04 Å². The summed E-state index contributed by atoms with van der Waals surface area (Å²) in [6, 6.07) is -0.0349. The van der Waals surface area contributed by atoms with Crippen LogP contribution in [0.25, 0.3) is 0 Å². The first-order valence-electron chi connectivity index (χ1n) is 8.36. The van der Waals surface area contributed by atoms with Crippen LogP contribution in [-0.2, 0) is 9.53 Å². The molecule has 6 nitrogen and oxygen atoms in total. The maximum absolute atomic E-state index is 12.4. The minimum atomic E-state index is -0.0349. The van der Waals surface area contributed by atoms with E-state index >= 15 is 0 Å². The first kappa shape index (κ1) is 15.5. The third kappa shape index (κ3) is 3.32. The van der Waals surface area contributed by atoms with E-state index in [0.717, 1.165) is 51.3 Å². The van der Waals surface area contributed by atoms with Gasteiger partial charge in [-0.2, -0.15) is 4.98 Å². The number of carbonyl (C=O) groups is 1. The van der Waals surface area contributed by atoms with Crippen LogP contribution in [0.2, 0.25) is 0 Å². The largest absolute Gasteiger partial charge is 0.381 e. The van der Waals surface area contributed by atoms with Crippen molar-refractivity contribution in [3.63, 3.8) is 0 Å². The van der Waals surface area contributed by atoms with Crippen LogP contribution in [0.5, 0.6) is 0 Å². The number of hydrogen-bond donors (Lipinski definition) is 0. The Morgan fingerprint density at radius 1 is 1.32 bits per heavy atom. The van der Waals surface area contributed by atoms with Crippen LogP contribution >= 0.6 is 0 Å². The second kappa shape index (κ2) is 6.77. The number of hydrogen-bond acceptors (Lipinski definition) is 5. The predicted octanol–water partition coefficient (Wildman–Crippen LogP) is 2.67. The summed E-state index contributed by atoms with van der Waals surface area (Å²) in [6.07, 6.45) is 4.39. The number of nitrogens with zero attached hydrogens (tertiary/aromatic N) is 3. The lowest BCUT2D eigenvalue weighted by Gasteiger charge is -2.22. The van der Waals surface area contributed by atoms with Gasteiger partial charge in [0, 0.05) is 32.1 Å². The second-order valence-electron chi connectivity index (χ2n) is 6.72. The molecule has 2 fully saturated rings. The van der Waals surface area contributed by atoms with E-state index in [1.54, 1.807) is 0 Å². The average Bonchev–Trinajstić information content (AvgIpc) is 3.16. The van der Waals surface area contributed by atoms with Gasteiger partial charge in [-0.25, -0.2) is 0 Å². The third-order valence-corrected chi connectivity index (χ3v) is 4.48. The summed E-state index contributed by atoms with van der Waals surface area (Å²) >= 11 is 0. The summed E-state index contributed by atoms with van der Waals surface area (Å²) < 4.78 is 10.9. The van der Waals surface area contributed by atoms with Gasteiger partial charge in [-0.3, -0.25) is 4.79 Å². The SMILES string of the molecule is CC(C)CC(=O)N1CCCC1c1nc(C2CCOCC2)no1. The molecule has 2 saturated heterocycles. The minimum Gasteiger partial charge on any atom is -0.381 e. The first-order chi connectivity index (χ1) is 10.6. The molecule has 0 bridgehead atoms. The summed E-state index contributed by atoms with van der Waals surface area (Å²) in [5, 5.41) is 4.16. The standard InChI is InChI=1S/C16H25N3O3/c1-11(2)10-14(20)19-7-3-4-13(19)16-17-15(18-22-16)12-5-8-21-9-6-12/h11-13H,3-10H2,1-2H3. The Hall–Kier alpha value is -1.43. The van der Waals surface area contributed by atoms with Gasteiger partial charge in [0.25, 0.3) is 0 Å². The van der Waals surface area contributed by atoms with E-state index in [1.807, 2.05) is 4.90 Å².